The predicted molar refractivity (Wildman–Crippen MR) is 180 cm³/mol. The maximum absolute atomic E-state index is 11.3. The molecule has 4 aromatic carbocycles. The molecule has 2 aromatic heterocycles. The molecule has 0 amide bonds. The van der Waals surface area contributed by atoms with E-state index >= 15 is 0 Å². The summed E-state index contributed by atoms with van der Waals surface area (Å²) in [4.78, 5) is 14.2. The molecule has 2 N–H and O–H groups in total. The van der Waals surface area contributed by atoms with Crippen molar-refractivity contribution in [1.82, 2.24) is 19.5 Å². The van der Waals surface area contributed by atoms with E-state index in [1.165, 1.54) is 6.33 Å². The van der Waals surface area contributed by atoms with Crippen molar-refractivity contribution in [2.75, 3.05) is 12.4 Å². The molecule has 1 saturated heterocycles. The minimum Gasteiger partial charge on any atom is -0.497 e. The third-order valence-electron chi connectivity index (χ3n) is 8.88. The minimum absolute atomic E-state index is 0.296. The molecule has 1 aliphatic heterocycles. The highest BCUT2D eigenvalue weighted by atomic mass is 16.6. The van der Waals surface area contributed by atoms with Gasteiger partial charge in [0.05, 0.1) is 26.1 Å². The van der Waals surface area contributed by atoms with E-state index in [0.717, 1.165) is 28.0 Å². The second kappa shape index (κ2) is 13.3. The molecule has 7 rings (SSSR count). The molecule has 0 aliphatic carbocycles. The van der Waals surface area contributed by atoms with Gasteiger partial charge in [-0.15, -0.1) is 0 Å². The standard InChI is InChI=1S/C38H37N5O4/c1-3-31-33(44)34(46-23-26-19-21-30(45-2)22-20-26)37(47-31)43-25-41-32-35(39-24-40-36(32)43)42-38(27-13-7-4-8-14-27,28-15-9-5-10-16-28)29-17-11-6-12-18-29/h4-22,24-25,31,33-34,37,44H,3,23H2,1-2H3,(H,39,40,42)/t31-,33?,34+,37-/m1/s1. The normalized spacial score (nSPS) is 19.6. The van der Waals surface area contributed by atoms with E-state index in [9.17, 15) is 5.11 Å². The first kappa shape index (κ1) is 30.6. The van der Waals surface area contributed by atoms with Crippen molar-refractivity contribution in [3.05, 3.63) is 150 Å². The van der Waals surface area contributed by atoms with Gasteiger partial charge in [-0.25, -0.2) is 15.0 Å². The Hall–Kier alpha value is -5.09. The zero-order valence-corrected chi connectivity index (χ0v) is 26.3. The number of nitrogens with zero attached hydrogens (tertiary/aromatic N) is 4. The van der Waals surface area contributed by atoms with Crippen molar-refractivity contribution in [2.24, 2.45) is 0 Å². The van der Waals surface area contributed by atoms with Crippen LogP contribution in [0.2, 0.25) is 0 Å². The number of imidazole rings is 1. The fourth-order valence-electron chi connectivity index (χ4n) is 6.46. The monoisotopic (exact) mass is 627 g/mol. The molecule has 9 heteroatoms. The number of methoxy groups -OCH3 is 1. The maximum Gasteiger partial charge on any atom is 0.167 e. The maximum atomic E-state index is 11.3. The van der Waals surface area contributed by atoms with Gasteiger partial charge >= 0.3 is 0 Å². The number of aliphatic hydroxyl groups is 1. The van der Waals surface area contributed by atoms with E-state index in [-0.39, 0.29) is 0 Å². The molecule has 4 atom stereocenters. The van der Waals surface area contributed by atoms with Crippen molar-refractivity contribution in [2.45, 2.75) is 50.0 Å². The van der Waals surface area contributed by atoms with Crippen molar-refractivity contribution < 1.29 is 19.3 Å². The van der Waals surface area contributed by atoms with E-state index < -0.39 is 30.1 Å². The lowest BCUT2D eigenvalue weighted by molar-refractivity contribution is -0.0736. The van der Waals surface area contributed by atoms with Crippen LogP contribution in [-0.4, -0.2) is 50.0 Å². The van der Waals surface area contributed by atoms with Gasteiger partial charge in [0.15, 0.2) is 23.2 Å². The summed E-state index contributed by atoms with van der Waals surface area (Å²) in [6.45, 7) is 2.29. The summed E-state index contributed by atoms with van der Waals surface area (Å²) >= 11 is 0. The third-order valence-corrected chi connectivity index (χ3v) is 8.88. The topological polar surface area (TPSA) is 104 Å². The van der Waals surface area contributed by atoms with Crippen LogP contribution in [0.3, 0.4) is 0 Å². The van der Waals surface area contributed by atoms with Crippen molar-refractivity contribution >= 4 is 17.0 Å². The largest absolute Gasteiger partial charge is 0.497 e. The quantitative estimate of drug-likeness (QED) is 0.157. The number of hydrogen-bond acceptors (Lipinski definition) is 8. The first-order chi connectivity index (χ1) is 23.1. The number of nitrogens with one attached hydrogen (secondary N) is 1. The fourth-order valence-corrected chi connectivity index (χ4v) is 6.46. The zero-order valence-electron chi connectivity index (χ0n) is 26.3. The summed E-state index contributed by atoms with van der Waals surface area (Å²) in [5.74, 6) is 1.33. The molecular formula is C38H37N5O4. The highest BCUT2D eigenvalue weighted by molar-refractivity contribution is 5.84. The van der Waals surface area contributed by atoms with Crippen LogP contribution >= 0.6 is 0 Å². The summed E-state index contributed by atoms with van der Waals surface area (Å²) in [5.41, 5.74) is 4.44. The lowest BCUT2D eigenvalue weighted by atomic mass is 9.77. The molecule has 3 heterocycles. The number of aromatic nitrogens is 4. The average Bonchev–Trinajstić information content (AvgIpc) is 3.71. The highest BCUT2D eigenvalue weighted by Gasteiger charge is 2.45. The van der Waals surface area contributed by atoms with E-state index in [1.807, 2.05) is 90.4 Å². The fraction of sp³-hybridized carbons (Fsp3) is 0.237. The van der Waals surface area contributed by atoms with Crippen molar-refractivity contribution in [1.29, 1.82) is 0 Å². The SMILES string of the molecule is CC[C@H]1O[C@@H](n2cnc3c(NC(c4ccccc4)(c4ccccc4)c4ccccc4)ncnc32)[C@@H](OCc2ccc(OC)cc2)C1O. The summed E-state index contributed by atoms with van der Waals surface area (Å²) < 4.78 is 19.9. The smallest absolute Gasteiger partial charge is 0.167 e. The summed E-state index contributed by atoms with van der Waals surface area (Å²) in [7, 11) is 1.64. The minimum atomic E-state index is -0.831. The van der Waals surface area contributed by atoms with Crippen molar-refractivity contribution in [3.63, 3.8) is 0 Å². The van der Waals surface area contributed by atoms with Crippen LogP contribution in [-0.2, 0) is 21.6 Å². The van der Waals surface area contributed by atoms with Gasteiger partial charge in [-0.3, -0.25) is 4.57 Å². The van der Waals surface area contributed by atoms with Gasteiger partial charge in [0, 0.05) is 0 Å². The molecule has 238 valence electrons. The first-order valence-electron chi connectivity index (χ1n) is 15.8. The Bertz CT molecular complexity index is 1810. The lowest BCUT2D eigenvalue weighted by Gasteiger charge is -2.37. The van der Waals surface area contributed by atoms with Crippen LogP contribution in [0.25, 0.3) is 11.2 Å². The lowest BCUT2D eigenvalue weighted by Crippen LogP contribution is -2.38. The number of aliphatic hydroxyl groups excluding tert-OH is 1. The average molecular weight is 628 g/mol. The Morgan fingerprint density at radius 2 is 1.40 bits per heavy atom. The van der Waals surface area contributed by atoms with Gasteiger partial charge in [0.2, 0.25) is 0 Å². The molecule has 0 spiro atoms. The van der Waals surface area contributed by atoms with E-state index in [2.05, 4.69) is 46.7 Å². The van der Waals surface area contributed by atoms with Gasteiger partial charge in [-0.2, -0.15) is 0 Å². The van der Waals surface area contributed by atoms with Gasteiger partial charge in [-0.05, 0) is 40.8 Å². The van der Waals surface area contributed by atoms with Gasteiger partial charge in [-0.1, -0.05) is 110 Å². The Balaban J connectivity index is 1.29. The summed E-state index contributed by atoms with van der Waals surface area (Å²) in [6.07, 6.45) is 1.32. The Morgan fingerprint density at radius 1 is 0.809 bits per heavy atom. The van der Waals surface area contributed by atoms with Crippen LogP contribution in [0.1, 0.15) is 41.8 Å². The summed E-state index contributed by atoms with van der Waals surface area (Å²) in [6, 6.07) is 38.7. The first-order valence-corrected chi connectivity index (χ1v) is 15.8. The second-order valence-corrected chi connectivity index (χ2v) is 11.6. The molecule has 1 unspecified atom stereocenters. The van der Waals surface area contributed by atoms with Gasteiger partial charge in [0.1, 0.15) is 29.8 Å². The molecule has 0 saturated carbocycles. The van der Waals surface area contributed by atoms with E-state index in [0.29, 0.717) is 30.0 Å². The number of anilines is 1. The number of benzene rings is 4. The molecule has 1 fully saturated rings. The number of rotatable bonds is 11. The molecule has 0 radical (unpaired) electrons. The van der Waals surface area contributed by atoms with Crippen LogP contribution in [0.15, 0.2) is 128 Å². The van der Waals surface area contributed by atoms with E-state index in [1.54, 1.807) is 13.4 Å². The Morgan fingerprint density at radius 3 is 1.96 bits per heavy atom. The number of ether oxygens (including phenoxy) is 3. The van der Waals surface area contributed by atoms with Gasteiger partial charge < -0.3 is 24.6 Å². The molecule has 47 heavy (non-hydrogen) atoms. The van der Waals surface area contributed by atoms with Crippen LogP contribution in [0, 0.1) is 0 Å². The third kappa shape index (κ3) is 5.74. The Labute approximate surface area is 273 Å². The van der Waals surface area contributed by atoms with Crippen LogP contribution in [0.4, 0.5) is 5.82 Å². The molecule has 0 bridgehead atoms. The van der Waals surface area contributed by atoms with Gasteiger partial charge in [0.25, 0.3) is 0 Å². The second-order valence-electron chi connectivity index (χ2n) is 11.6. The predicted octanol–water partition coefficient (Wildman–Crippen LogP) is 6.49. The van der Waals surface area contributed by atoms with E-state index in [4.69, 9.17) is 24.2 Å². The molecular weight excluding hydrogens is 590 g/mol. The van der Waals surface area contributed by atoms with Crippen molar-refractivity contribution in [3.8, 4) is 5.75 Å². The molecule has 9 nitrogen and oxygen atoms in total. The Kier molecular flexibility index (Phi) is 8.67. The van der Waals surface area contributed by atoms with Crippen LogP contribution < -0.4 is 10.1 Å². The summed E-state index contributed by atoms with van der Waals surface area (Å²) in [5, 5.41) is 15.1. The number of hydrogen-bond donors (Lipinski definition) is 2. The highest BCUT2D eigenvalue weighted by Crippen LogP contribution is 2.41. The molecule has 6 aromatic rings. The van der Waals surface area contributed by atoms with Crippen LogP contribution in [0.5, 0.6) is 5.75 Å². The molecule has 1 aliphatic rings. The zero-order chi connectivity index (χ0) is 32.2. The number of fused-ring (bicyclic) bond motifs is 1.